The van der Waals surface area contributed by atoms with Gasteiger partial charge in [-0.1, -0.05) is 30.3 Å². The predicted octanol–water partition coefficient (Wildman–Crippen LogP) is 2.40. The molecule has 0 unspecified atom stereocenters. The van der Waals surface area contributed by atoms with Gasteiger partial charge in [0.05, 0.1) is 11.3 Å². The molecule has 2 aliphatic heterocycles. The van der Waals surface area contributed by atoms with E-state index in [1.165, 1.54) is 10.4 Å². The van der Waals surface area contributed by atoms with Gasteiger partial charge in [0.25, 0.3) is 0 Å². The van der Waals surface area contributed by atoms with E-state index in [1.807, 2.05) is 6.07 Å². The van der Waals surface area contributed by atoms with Crippen LogP contribution in [0.3, 0.4) is 0 Å². The van der Waals surface area contributed by atoms with Gasteiger partial charge in [-0.3, -0.25) is 14.4 Å². The first-order chi connectivity index (χ1) is 14.4. The summed E-state index contributed by atoms with van der Waals surface area (Å²) in [5.74, 6) is -0.324. The van der Waals surface area contributed by atoms with Gasteiger partial charge in [-0.05, 0) is 35.4 Å². The molecule has 0 bridgehead atoms. The standard InChI is InChI=1S/C23H27N3O3S/c1-24-22(29)23(13-16-5-7-17(8-6-16)19-4-3-11-30-19)9-10-26(15-23)21(28)18-12-20(27)25(2)14-18/h3-8,11,18H,9-10,12-15H2,1-2H3,(H,24,29)/t18-,23-/m0/s1. The van der Waals surface area contributed by atoms with Crippen LogP contribution in [-0.4, -0.2) is 61.3 Å². The van der Waals surface area contributed by atoms with E-state index in [0.29, 0.717) is 32.5 Å². The number of carbonyl (C=O) groups is 3. The lowest BCUT2D eigenvalue weighted by atomic mass is 9.79. The number of amides is 3. The third-order valence-electron chi connectivity index (χ3n) is 6.37. The third-order valence-corrected chi connectivity index (χ3v) is 7.29. The van der Waals surface area contributed by atoms with Crippen LogP contribution < -0.4 is 5.32 Å². The lowest BCUT2D eigenvalue weighted by Crippen LogP contribution is -2.45. The Labute approximate surface area is 180 Å². The summed E-state index contributed by atoms with van der Waals surface area (Å²) < 4.78 is 0. The molecule has 1 aromatic carbocycles. The molecule has 1 aromatic heterocycles. The Morgan fingerprint density at radius 3 is 2.60 bits per heavy atom. The molecule has 0 aliphatic carbocycles. The molecular formula is C23H27N3O3S. The summed E-state index contributed by atoms with van der Waals surface area (Å²) in [6, 6.07) is 12.5. The van der Waals surface area contributed by atoms with Crippen LogP contribution >= 0.6 is 11.3 Å². The van der Waals surface area contributed by atoms with Crippen molar-refractivity contribution >= 4 is 29.1 Å². The number of hydrogen-bond acceptors (Lipinski definition) is 4. The molecule has 2 saturated heterocycles. The van der Waals surface area contributed by atoms with E-state index in [9.17, 15) is 14.4 Å². The highest BCUT2D eigenvalue weighted by molar-refractivity contribution is 7.13. The summed E-state index contributed by atoms with van der Waals surface area (Å²) in [5.41, 5.74) is 1.62. The Morgan fingerprint density at radius 2 is 2.00 bits per heavy atom. The first kappa shape index (κ1) is 20.6. The Bertz CT molecular complexity index is 941. The van der Waals surface area contributed by atoms with Gasteiger partial charge >= 0.3 is 0 Å². The van der Waals surface area contributed by atoms with Crippen LogP contribution in [0.2, 0.25) is 0 Å². The fourth-order valence-electron chi connectivity index (χ4n) is 4.64. The van der Waals surface area contributed by atoms with E-state index >= 15 is 0 Å². The minimum atomic E-state index is -0.636. The zero-order valence-corrected chi connectivity index (χ0v) is 18.2. The minimum Gasteiger partial charge on any atom is -0.359 e. The van der Waals surface area contributed by atoms with Gasteiger partial charge in [0, 0.05) is 45.0 Å². The average Bonchev–Trinajstić information content (AvgIpc) is 3.49. The smallest absolute Gasteiger partial charge is 0.228 e. The highest BCUT2D eigenvalue weighted by atomic mass is 32.1. The van der Waals surface area contributed by atoms with Crippen molar-refractivity contribution in [2.45, 2.75) is 19.3 Å². The lowest BCUT2D eigenvalue weighted by Gasteiger charge is -2.28. The molecule has 0 saturated carbocycles. The summed E-state index contributed by atoms with van der Waals surface area (Å²) in [5, 5.41) is 4.87. The van der Waals surface area contributed by atoms with Gasteiger partial charge in [0.15, 0.2) is 0 Å². The molecule has 30 heavy (non-hydrogen) atoms. The molecule has 1 N–H and O–H groups in total. The maximum absolute atomic E-state index is 13.0. The Balaban J connectivity index is 1.49. The van der Waals surface area contributed by atoms with Gasteiger partial charge < -0.3 is 15.1 Å². The summed E-state index contributed by atoms with van der Waals surface area (Å²) in [7, 11) is 3.38. The molecule has 0 spiro atoms. The van der Waals surface area contributed by atoms with Crippen molar-refractivity contribution in [3.05, 3.63) is 47.3 Å². The molecule has 0 radical (unpaired) electrons. The van der Waals surface area contributed by atoms with Gasteiger partial charge in [0.2, 0.25) is 17.7 Å². The third kappa shape index (κ3) is 3.86. The van der Waals surface area contributed by atoms with Crippen LogP contribution in [-0.2, 0) is 20.8 Å². The molecule has 3 heterocycles. The first-order valence-corrected chi connectivity index (χ1v) is 11.2. The van der Waals surface area contributed by atoms with Crippen molar-refractivity contribution < 1.29 is 14.4 Å². The van der Waals surface area contributed by atoms with E-state index in [4.69, 9.17) is 0 Å². The highest BCUT2D eigenvalue weighted by Crippen LogP contribution is 2.36. The van der Waals surface area contributed by atoms with Gasteiger partial charge in [-0.2, -0.15) is 0 Å². The quantitative estimate of drug-likeness (QED) is 0.800. The maximum atomic E-state index is 13.0. The lowest BCUT2D eigenvalue weighted by molar-refractivity contribution is -0.136. The van der Waals surface area contributed by atoms with Crippen LogP contribution in [0.5, 0.6) is 0 Å². The fraction of sp³-hybridized carbons (Fsp3) is 0.435. The number of nitrogens with zero attached hydrogens (tertiary/aromatic N) is 2. The highest BCUT2D eigenvalue weighted by Gasteiger charge is 2.47. The second-order valence-corrected chi connectivity index (χ2v) is 9.34. The topological polar surface area (TPSA) is 69.7 Å². The van der Waals surface area contributed by atoms with Crippen LogP contribution in [0.25, 0.3) is 10.4 Å². The first-order valence-electron chi connectivity index (χ1n) is 10.3. The molecule has 2 fully saturated rings. The zero-order valence-electron chi connectivity index (χ0n) is 17.4. The second-order valence-electron chi connectivity index (χ2n) is 8.40. The number of hydrogen-bond donors (Lipinski definition) is 1. The van der Waals surface area contributed by atoms with Crippen molar-refractivity contribution in [2.24, 2.45) is 11.3 Å². The van der Waals surface area contributed by atoms with Crippen molar-refractivity contribution in [3.63, 3.8) is 0 Å². The number of benzene rings is 1. The Hall–Kier alpha value is -2.67. The van der Waals surface area contributed by atoms with Crippen LogP contribution in [0.1, 0.15) is 18.4 Å². The largest absolute Gasteiger partial charge is 0.359 e. The van der Waals surface area contributed by atoms with Gasteiger partial charge in [-0.15, -0.1) is 11.3 Å². The summed E-state index contributed by atoms with van der Waals surface area (Å²) in [6.07, 6.45) is 1.48. The van der Waals surface area contributed by atoms with Gasteiger partial charge in [0.1, 0.15) is 0 Å². The molecule has 7 heteroatoms. The predicted molar refractivity (Wildman–Crippen MR) is 117 cm³/mol. The number of rotatable bonds is 5. The number of nitrogens with one attached hydrogen (secondary N) is 1. The Morgan fingerprint density at radius 1 is 1.23 bits per heavy atom. The number of thiophene rings is 1. The van der Waals surface area contributed by atoms with E-state index in [1.54, 1.807) is 35.2 Å². The summed E-state index contributed by atoms with van der Waals surface area (Å²) >= 11 is 1.70. The number of carbonyl (C=O) groups excluding carboxylic acids is 3. The van der Waals surface area contributed by atoms with E-state index < -0.39 is 5.41 Å². The zero-order chi connectivity index (χ0) is 21.3. The van der Waals surface area contributed by atoms with Crippen molar-refractivity contribution in [1.82, 2.24) is 15.1 Å². The van der Waals surface area contributed by atoms with Crippen LogP contribution in [0.15, 0.2) is 41.8 Å². The molecule has 2 atom stereocenters. The monoisotopic (exact) mass is 425 g/mol. The molecule has 6 nitrogen and oxygen atoms in total. The van der Waals surface area contributed by atoms with Crippen molar-refractivity contribution in [1.29, 1.82) is 0 Å². The SMILES string of the molecule is CNC(=O)[C@]1(Cc2ccc(-c3cccs3)cc2)CCN(C(=O)[C@H]2CC(=O)N(C)C2)C1. The van der Waals surface area contributed by atoms with Crippen molar-refractivity contribution in [2.75, 3.05) is 33.7 Å². The van der Waals surface area contributed by atoms with E-state index in [2.05, 4.69) is 41.0 Å². The molecule has 158 valence electrons. The summed E-state index contributed by atoms with van der Waals surface area (Å²) in [6.45, 7) is 1.41. The Kier molecular flexibility index (Phi) is 5.64. The second kappa shape index (κ2) is 8.22. The molecule has 2 aliphatic rings. The maximum Gasteiger partial charge on any atom is 0.228 e. The molecular weight excluding hydrogens is 398 g/mol. The van der Waals surface area contributed by atoms with E-state index in [0.717, 1.165) is 5.56 Å². The normalized spacial score (nSPS) is 23.8. The molecule has 3 amide bonds. The number of likely N-dealkylation sites (tertiary alicyclic amines) is 2. The minimum absolute atomic E-state index is 0.00785. The van der Waals surface area contributed by atoms with Crippen molar-refractivity contribution in [3.8, 4) is 10.4 Å². The molecule has 2 aromatic rings. The van der Waals surface area contributed by atoms with E-state index in [-0.39, 0.29) is 30.1 Å². The summed E-state index contributed by atoms with van der Waals surface area (Å²) in [4.78, 5) is 42.3. The molecule has 4 rings (SSSR count). The average molecular weight is 426 g/mol. The van der Waals surface area contributed by atoms with Gasteiger partial charge in [-0.25, -0.2) is 0 Å². The van der Waals surface area contributed by atoms with Crippen LogP contribution in [0.4, 0.5) is 0 Å². The fourth-order valence-corrected chi connectivity index (χ4v) is 5.38. The van der Waals surface area contributed by atoms with Crippen LogP contribution in [0, 0.1) is 11.3 Å².